The van der Waals surface area contributed by atoms with Crippen LogP contribution >= 0.6 is 0 Å². The van der Waals surface area contributed by atoms with Gasteiger partial charge >= 0.3 is 0 Å². The Labute approximate surface area is 194 Å². The first-order valence-corrected chi connectivity index (χ1v) is 12.1. The van der Waals surface area contributed by atoms with Crippen molar-refractivity contribution in [3.8, 4) is 5.69 Å². The number of rotatable bonds is 7. The number of hydrogen-bond acceptors (Lipinski definition) is 4. The van der Waals surface area contributed by atoms with Gasteiger partial charge in [0.05, 0.1) is 16.3 Å². The molecule has 0 radical (unpaired) electrons. The molecule has 1 heterocycles. The molecule has 0 aliphatic carbocycles. The maximum absolute atomic E-state index is 12.9. The molecule has 0 bridgehead atoms. The van der Waals surface area contributed by atoms with Crippen LogP contribution in [0.15, 0.2) is 64.3 Å². The molecule has 33 heavy (non-hydrogen) atoms. The van der Waals surface area contributed by atoms with Crippen LogP contribution in [0, 0.1) is 6.92 Å². The second-order valence-corrected chi connectivity index (χ2v) is 10.7. The van der Waals surface area contributed by atoms with Crippen molar-refractivity contribution < 1.29 is 13.2 Å². The number of amides is 1. The number of sulfonamides is 1. The van der Waals surface area contributed by atoms with Crippen molar-refractivity contribution >= 4 is 21.6 Å². The molecule has 1 aromatic heterocycles. The van der Waals surface area contributed by atoms with Crippen LogP contribution in [-0.4, -0.2) is 30.2 Å². The zero-order chi connectivity index (χ0) is 24.4. The van der Waals surface area contributed by atoms with E-state index in [-0.39, 0.29) is 34.5 Å². The number of anilines is 1. The third-order valence-electron chi connectivity index (χ3n) is 5.49. The van der Waals surface area contributed by atoms with Crippen LogP contribution in [0.4, 0.5) is 5.69 Å². The molecule has 0 spiro atoms. The predicted octanol–water partition coefficient (Wildman–Crippen LogP) is 3.09. The van der Waals surface area contributed by atoms with E-state index in [9.17, 15) is 18.0 Å². The van der Waals surface area contributed by atoms with Crippen molar-refractivity contribution in [1.29, 1.82) is 0 Å². The summed E-state index contributed by atoms with van der Waals surface area (Å²) in [7, 11) is -2.01. The smallest absolute Gasteiger partial charge is 0.295 e. The van der Waals surface area contributed by atoms with E-state index in [2.05, 4.69) is 30.8 Å². The van der Waals surface area contributed by atoms with Crippen LogP contribution in [0.25, 0.3) is 5.69 Å². The van der Waals surface area contributed by atoms with Crippen molar-refractivity contribution in [2.75, 3.05) is 11.9 Å². The van der Waals surface area contributed by atoms with Crippen molar-refractivity contribution in [2.45, 2.75) is 44.4 Å². The second-order valence-electron chi connectivity index (χ2n) is 8.91. The number of nitrogens with zero attached hydrogens (tertiary/aromatic N) is 2. The molecule has 0 unspecified atom stereocenters. The first kappa shape index (κ1) is 24.5. The van der Waals surface area contributed by atoms with E-state index >= 15 is 0 Å². The molecule has 9 heteroatoms. The van der Waals surface area contributed by atoms with Crippen LogP contribution in [0.5, 0.6) is 0 Å². The molecule has 0 aliphatic rings. The third kappa shape index (κ3) is 5.43. The number of hydrogen-bond donors (Lipinski definition) is 2. The molecule has 2 aromatic carbocycles. The third-order valence-corrected chi connectivity index (χ3v) is 6.97. The van der Waals surface area contributed by atoms with E-state index < -0.39 is 15.9 Å². The van der Waals surface area contributed by atoms with Crippen molar-refractivity contribution in [3.63, 3.8) is 0 Å². The molecular formula is C24H30N4O4S. The highest BCUT2D eigenvalue weighted by atomic mass is 32.2. The SMILES string of the molecule is Cc1c(NC(=O)CCNS(=O)(=O)c2ccc(C(C)(C)C)cc2)c(=O)n(-c2ccccc2)n1C. The first-order valence-electron chi connectivity index (χ1n) is 10.7. The van der Waals surface area contributed by atoms with Gasteiger partial charge in [0.1, 0.15) is 5.69 Å². The maximum atomic E-state index is 12.9. The summed E-state index contributed by atoms with van der Waals surface area (Å²) in [5, 5.41) is 2.63. The molecule has 0 atom stereocenters. The van der Waals surface area contributed by atoms with E-state index in [1.165, 1.54) is 4.68 Å². The Balaban J connectivity index is 1.65. The monoisotopic (exact) mass is 470 g/mol. The minimum absolute atomic E-state index is 0.0809. The topological polar surface area (TPSA) is 102 Å². The Kier molecular flexibility index (Phi) is 6.94. The molecular weight excluding hydrogens is 440 g/mol. The molecule has 1 amide bonds. The van der Waals surface area contributed by atoms with E-state index in [0.29, 0.717) is 11.4 Å². The van der Waals surface area contributed by atoms with Gasteiger partial charge in [0.2, 0.25) is 15.9 Å². The maximum Gasteiger partial charge on any atom is 0.295 e. The lowest BCUT2D eigenvalue weighted by molar-refractivity contribution is -0.116. The van der Waals surface area contributed by atoms with Gasteiger partial charge in [-0.3, -0.25) is 14.3 Å². The summed E-state index contributed by atoms with van der Waals surface area (Å²) < 4.78 is 30.7. The van der Waals surface area contributed by atoms with Gasteiger partial charge in [-0.2, -0.15) is 0 Å². The normalized spacial score (nSPS) is 12.0. The van der Waals surface area contributed by atoms with Gasteiger partial charge < -0.3 is 5.32 Å². The lowest BCUT2D eigenvalue weighted by Crippen LogP contribution is -2.29. The van der Waals surface area contributed by atoms with Gasteiger partial charge in [0.15, 0.2) is 0 Å². The number of carbonyl (C=O) groups is 1. The van der Waals surface area contributed by atoms with Crippen molar-refractivity contribution in [1.82, 2.24) is 14.1 Å². The van der Waals surface area contributed by atoms with Crippen LogP contribution in [0.1, 0.15) is 38.4 Å². The minimum atomic E-state index is -3.75. The lowest BCUT2D eigenvalue weighted by atomic mass is 9.87. The van der Waals surface area contributed by atoms with Crippen LogP contribution < -0.4 is 15.6 Å². The summed E-state index contributed by atoms with van der Waals surface area (Å²) in [5.74, 6) is -0.452. The van der Waals surface area contributed by atoms with E-state index in [4.69, 9.17) is 0 Å². The Morgan fingerprint density at radius 2 is 1.61 bits per heavy atom. The highest BCUT2D eigenvalue weighted by molar-refractivity contribution is 7.89. The molecule has 176 valence electrons. The van der Waals surface area contributed by atoms with Gasteiger partial charge in [-0.1, -0.05) is 51.1 Å². The number of benzene rings is 2. The molecule has 3 aromatic rings. The fraction of sp³-hybridized carbons (Fsp3) is 0.333. The summed E-state index contributed by atoms with van der Waals surface area (Å²) in [5.41, 5.74) is 2.04. The second kappa shape index (κ2) is 9.36. The van der Waals surface area contributed by atoms with Crippen molar-refractivity contribution in [3.05, 3.63) is 76.2 Å². The summed E-state index contributed by atoms with van der Waals surface area (Å²) in [6, 6.07) is 15.8. The number of para-hydroxylation sites is 1. The zero-order valence-corrected chi connectivity index (χ0v) is 20.4. The van der Waals surface area contributed by atoms with Crippen LogP contribution in [-0.2, 0) is 27.3 Å². The number of carbonyl (C=O) groups excluding carboxylic acids is 1. The predicted molar refractivity (Wildman–Crippen MR) is 129 cm³/mol. The molecule has 2 N–H and O–H groups in total. The van der Waals surface area contributed by atoms with Crippen LogP contribution in [0.3, 0.4) is 0 Å². The Morgan fingerprint density at radius 1 is 1.00 bits per heavy atom. The minimum Gasteiger partial charge on any atom is -0.320 e. The Morgan fingerprint density at radius 3 is 2.18 bits per heavy atom. The highest BCUT2D eigenvalue weighted by Gasteiger charge is 2.20. The molecule has 0 fully saturated rings. The standard InChI is InChI=1S/C24H30N4O4S/c1-17-22(23(30)28(27(17)5)19-9-7-6-8-10-19)26-21(29)15-16-25-33(31,32)20-13-11-18(12-14-20)24(2,3)4/h6-14,25H,15-16H2,1-5H3,(H,26,29). The molecule has 0 aliphatic heterocycles. The summed E-state index contributed by atoms with van der Waals surface area (Å²) >= 11 is 0. The zero-order valence-electron chi connectivity index (χ0n) is 19.5. The quantitative estimate of drug-likeness (QED) is 0.554. The Hall–Kier alpha value is -3.17. The van der Waals surface area contributed by atoms with Crippen LogP contribution in [0.2, 0.25) is 0 Å². The van der Waals surface area contributed by atoms with Gasteiger partial charge in [0, 0.05) is 20.0 Å². The molecule has 0 saturated heterocycles. The van der Waals surface area contributed by atoms with E-state index in [1.807, 2.05) is 18.2 Å². The largest absolute Gasteiger partial charge is 0.320 e. The number of nitrogens with one attached hydrogen (secondary N) is 2. The molecule has 0 saturated carbocycles. The summed E-state index contributed by atoms with van der Waals surface area (Å²) in [4.78, 5) is 25.5. The van der Waals surface area contributed by atoms with E-state index in [0.717, 1.165) is 5.56 Å². The van der Waals surface area contributed by atoms with Crippen molar-refractivity contribution in [2.24, 2.45) is 7.05 Å². The summed E-state index contributed by atoms with van der Waals surface area (Å²) in [6.45, 7) is 7.80. The summed E-state index contributed by atoms with van der Waals surface area (Å²) in [6.07, 6.45) is -0.113. The first-order chi connectivity index (χ1) is 15.4. The molecule has 8 nitrogen and oxygen atoms in total. The number of aromatic nitrogens is 2. The fourth-order valence-corrected chi connectivity index (χ4v) is 4.46. The van der Waals surface area contributed by atoms with Gasteiger partial charge in [-0.15, -0.1) is 0 Å². The van der Waals surface area contributed by atoms with Gasteiger partial charge in [-0.05, 0) is 42.2 Å². The molecule has 3 rings (SSSR count). The van der Waals surface area contributed by atoms with E-state index in [1.54, 1.807) is 55.1 Å². The van der Waals surface area contributed by atoms with Gasteiger partial charge in [0.25, 0.3) is 5.56 Å². The average Bonchev–Trinajstić information content (AvgIpc) is 2.97. The van der Waals surface area contributed by atoms with Gasteiger partial charge in [-0.25, -0.2) is 17.8 Å². The average molecular weight is 471 g/mol. The highest BCUT2D eigenvalue weighted by Crippen LogP contribution is 2.23. The Bertz CT molecular complexity index is 1300. The lowest BCUT2D eigenvalue weighted by Gasteiger charge is -2.19. The fourth-order valence-electron chi connectivity index (χ4n) is 3.43.